The second-order valence-corrected chi connectivity index (χ2v) is 6.81. The van der Waals surface area contributed by atoms with Gasteiger partial charge in [-0.2, -0.15) is 0 Å². The van der Waals surface area contributed by atoms with Crippen molar-refractivity contribution in [2.75, 3.05) is 13.7 Å². The van der Waals surface area contributed by atoms with Crippen LogP contribution in [0, 0.1) is 0 Å². The van der Waals surface area contributed by atoms with Crippen LogP contribution in [0.4, 0.5) is 0 Å². The summed E-state index contributed by atoms with van der Waals surface area (Å²) in [7, 11) is -2.17. The molecular formula is C13H21ClN2O3S. The van der Waals surface area contributed by atoms with Crippen LogP contribution in [0.5, 0.6) is 5.75 Å². The molecule has 7 heteroatoms. The number of benzene rings is 1. The van der Waals surface area contributed by atoms with Gasteiger partial charge in [-0.1, -0.05) is 32.4 Å². The Labute approximate surface area is 125 Å². The first-order valence-electron chi connectivity index (χ1n) is 6.41. The average molecular weight is 321 g/mol. The zero-order valence-corrected chi connectivity index (χ0v) is 13.7. The van der Waals surface area contributed by atoms with Crippen molar-refractivity contribution in [1.29, 1.82) is 0 Å². The molecule has 20 heavy (non-hydrogen) atoms. The molecule has 0 amide bonds. The first-order valence-corrected chi connectivity index (χ1v) is 8.27. The van der Waals surface area contributed by atoms with Gasteiger partial charge < -0.3 is 10.1 Å². The standard InChI is InChI=1S/C13H21ClN2O3S/c1-5-16-20(17,18)12-7-11(14)6-10(13(12)19-4)8-15-9(2)3/h6-7,9,15-16H,5,8H2,1-4H3. The molecule has 0 aliphatic heterocycles. The Balaban J connectivity index is 3.31. The van der Waals surface area contributed by atoms with Gasteiger partial charge >= 0.3 is 0 Å². The number of nitrogens with one attached hydrogen (secondary N) is 2. The highest BCUT2D eigenvalue weighted by molar-refractivity contribution is 7.89. The van der Waals surface area contributed by atoms with Crippen molar-refractivity contribution < 1.29 is 13.2 Å². The van der Waals surface area contributed by atoms with Crippen LogP contribution in [0.3, 0.4) is 0 Å². The maximum absolute atomic E-state index is 12.2. The minimum atomic E-state index is -3.62. The quantitative estimate of drug-likeness (QED) is 0.808. The van der Waals surface area contributed by atoms with Crippen LogP contribution >= 0.6 is 11.6 Å². The molecular weight excluding hydrogens is 300 g/mol. The summed E-state index contributed by atoms with van der Waals surface area (Å²) in [6, 6.07) is 3.38. The molecule has 2 N–H and O–H groups in total. The lowest BCUT2D eigenvalue weighted by molar-refractivity contribution is 0.394. The molecule has 1 aromatic carbocycles. The summed E-state index contributed by atoms with van der Waals surface area (Å²) in [5.74, 6) is 0.323. The van der Waals surface area contributed by atoms with Gasteiger partial charge in [0.15, 0.2) is 0 Å². The Morgan fingerprint density at radius 2 is 2.00 bits per heavy atom. The van der Waals surface area contributed by atoms with Crippen LogP contribution in [-0.2, 0) is 16.6 Å². The molecule has 0 fully saturated rings. The van der Waals surface area contributed by atoms with Gasteiger partial charge in [0.05, 0.1) is 7.11 Å². The van der Waals surface area contributed by atoms with Crippen molar-refractivity contribution in [1.82, 2.24) is 10.0 Å². The number of rotatable bonds is 7. The van der Waals surface area contributed by atoms with Crippen LogP contribution in [-0.4, -0.2) is 28.1 Å². The lowest BCUT2D eigenvalue weighted by Gasteiger charge is -2.16. The summed E-state index contributed by atoms with van der Waals surface area (Å²) in [6.07, 6.45) is 0. The van der Waals surface area contributed by atoms with E-state index in [2.05, 4.69) is 10.0 Å². The van der Waals surface area contributed by atoms with E-state index >= 15 is 0 Å². The van der Waals surface area contributed by atoms with E-state index in [0.29, 0.717) is 29.4 Å². The van der Waals surface area contributed by atoms with Gasteiger partial charge in [-0.25, -0.2) is 13.1 Å². The zero-order valence-electron chi connectivity index (χ0n) is 12.2. The minimum absolute atomic E-state index is 0.0647. The molecule has 0 aliphatic carbocycles. The van der Waals surface area contributed by atoms with Gasteiger partial charge in [0.2, 0.25) is 10.0 Å². The molecule has 0 spiro atoms. The molecule has 0 unspecified atom stereocenters. The topological polar surface area (TPSA) is 67.4 Å². The van der Waals surface area contributed by atoms with Gasteiger partial charge in [0.1, 0.15) is 10.6 Å². The minimum Gasteiger partial charge on any atom is -0.495 e. The second kappa shape index (κ2) is 7.26. The molecule has 0 radical (unpaired) electrons. The van der Waals surface area contributed by atoms with E-state index in [0.717, 1.165) is 0 Å². The van der Waals surface area contributed by atoms with Crippen molar-refractivity contribution >= 4 is 21.6 Å². The lowest BCUT2D eigenvalue weighted by atomic mass is 10.2. The first-order chi connectivity index (χ1) is 9.31. The summed E-state index contributed by atoms with van der Waals surface area (Å²) in [6.45, 7) is 6.52. The van der Waals surface area contributed by atoms with E-state index in [1.54, 1.807) is 13.0 Å². The number of hydrogen-bond acceptors (Lipinski definition) is 4. The van der Waals surface area contributed by atoms with Gasteiger partial charge in [-0.15, -0.1) is 0 Å². The molecule has 0 heterocycles. The van der Waals surface area contributed by atoms with Crippen molar-refractivity contribution in [3.8, 4) is 5.75 Å². The Morgan fingerprint density at radius 1 is 1.35 bits per heavy atom. The number of ether oxygens (including phenoxy) is 1. The Kier molecular flexibility index (Phi) is 6.26. The first kappa shape index (κ1) is 17.2. The van der Waals surface area contributed by atoms with Crippen molar-refractivity contribution in [3.63, 3.8) is 0 Å². The molecule has 1 rings (SSSR count). The van der Waals surface area contributed by atoms with Gasteiger partial charge in [0.25, 0.3) is 0 Å². The fourth-order valence-electron chi connectivity index (χ4n) is 1.77. The largest absolute Gasteiger partial charge is 0.495 e. The molecule has 0 aromatic heterocycles. The highest BCUT2D eigenvalue weighted by Crippen LogP contribution is 2.31. The monoisotopic (exact) mass is 320 g/mol. The highest BCUT2D eigenvalue weighted by Gasteiger charge is 2.22. The van der Waals surface area contributed by atoms with Gasteiger partial charge in [-0.3, -0.25) is 0 Å². The Morgan fingerprint density at radius 3 is 2.50 bits per heavy atom. The Hall–Kier alpha value is -0.820. The summed E-state index contributed by atoms with van der Waals surface area (Å²) in [4.78, 5) is 0.0647. The molecule has 0 atom stereocenters. The molecule has 1 aromatic rings. The van der Waals surface area contributed by atoms with Crippen molar-refractivity contribution in [2.45, 2.75) is 38.3 Å². The van der Waals surface area contributed by atoms with E-state index < -0.39 is 10.0 Å². The predicted molar refractivity (Wildman–Crippen MR) is 80.8 cm³/mol. The smallest absolute Gasteiger partial charge is 0.244 e. The second-order valence-electron chi connectivity index (χ2n) is 4.63. The van der Waals surface area contributed by atoms with Crippen LogP contribution in [0.15, 0.2) is 17.0 Å². The molecule has 0 saturated heterocycles. The number of hydrogen-bond donors (Lipinski definition) is 2. The van der Waals surface area contributed by atoms with Gasteiger partial charge in [0, 0.05) is 29.7 Å². The van der Waals surface area contributed by atoms with Crippen molar-refractivity contribution in [2.24, 2.45) is 0 Å². The third-order valence-corrected chi connectivity index (χ3v) is 4.39. The zero-order chi connectivity index (χ0) is 15.3. The van der Waals surface area contributed by atoms with E-state index in [1.165, 1.54) is 13.2 Å². The molecule has 0 aliphatic rings. The Bertz CT molecular complexity index is 559. The van der Waals surface area contributed by atoms with Crippen molar-refractivity contribution in [3.05, 3.63) is 22.7 Å². The fraction of sp³-hybridized carbons (Fsp3) is 0.538. The lowest BCUT2D eigenvalue weighted by Crippen LogP contribution is -2.25. The van der Waals surface area contributed by atoms with Crippen LogP contribution in [0.2, 0.25) is 5.02 Å². The van der Waals surface area contributed by atoms with E-state index in [-0.39, 0.29) is 10.9 Å². The molecule has 0 saturated carbocycles. The van der Waals surface area contributed by atoms with E-state index in [9.17, 15) is 8.42 Å². The van der Waals surface area contributed by atoms with Gasteiger partial charge in [-0.05, 0) is 12.1 Å². The van der Waals surface area contributed by atoms with E-state index in [1.807, 2.05) is 13.8 Å². The maximum atomic E-state index is 12.2. The third-order valence-electron chi connectivity index (χ3n) is 2.63. The third kappa shape index (κ3) is 4.34. The average Bonchev–Trinajstić information content (AvgIpc) is 2.35. The van der Waals surface area contributed by atoms with E-state index in [4.69, 9.17) is 16.3 Å². The number of halogens is 1. The summed E-state index contributed by atoms with van der Waals surface area (Å²) in [5.41, 5.74) is 0.713. The van der Waals surface area contributed by atoms with Crippen LogP contribution in [0.1, 0.15) is 26.3 Å². The summed E-state index contributed by atoms with van der Waals surface area (Å²) >= 11 is 6.02. The van der Waals surface area contributed by atoms with Crippen LogP contribution in [0.25, 0.3) is 0 Å². The molecule has 114 valence electrons. The summed E-state index contributed by atoms with van der Waals surface area (Å²) in [5, 5.41) is 3.58. The molecule has 0 bridgehead atoms. The number of methoxy groups -OCH3 is 1. The predicted octanol–water partition coefficient (Wildman–Crippen LogP) is 2.14. The maximum Gasteiger partial charge on any atom is 0.244 e. The summed E-state index contributed by atoms with van der Waals surface area (Å²) < 4.78 is 32.1. The molecule has 5 nitrogen and oxygen atoms in total. The van der Waals surface area contributed by atoms with Crippen LogP contribution < -0.4 is 14.8 Å². The fourth-order valence-corrected chi connectivity index (χ4v) is 3.35. The SMILES string of the molecule is CCNS(=O)(=O)c1cc(Cl)cc(CNC(C)C)c1OC. The highest BCUT2D eigenvalue weighted by atomic mass is 35.5. The number of sulfonamides is 1. The normalized spacial score (nSPS) is 11.9.